The van der Waals surface area contributed by atoms with Crippen molar-refractivity contribution in [2.45, 2.75) is 72.8 Å². The number of hydrogen-bond acceptors (Lipinski definition) is 5. The van der Waals surface area contributed by atoms with E-state index < -0.39 is 27.8 Å². The Hall–Kier alpha value is -3.05. The van der Waals surface area contributed by atoms with E-state index in [1.807, 2.05) is 40.9 Å². The standard InChI is InChI=1S/C36H52B14F4N4O2S/c1-3-56(4-2)35(47,48)36(49,50)57(12-17-22(37)24(39)19(25(40)23(17)38)20-26(41)28(43)21(34(52,53)54)29(44)27(20)42)31(60)33(45,46)58-18-7-5-6-16(18)30(59)55-32(58)61-13-14-8-10-15(51)11-9-14/h8-11H,3-7,12-13,37-50H2,1-2H3. The molecule has 0 bridgehead atoms. The molecule has 1 amide bonds. The highest BCUT2D eigenvalue weighted by Gasteiger charge is 2.50. The summed E-state index contributed by atoms with van der Waals surface area (Å²) in [5.74, 6) is -0.0242. The fourth-order valence-electron chi connectivity index (χ4n) is 9.88. The molecule has 0 fully saturated rings. The molecule has 0 saturated heterocycles. The van der Waals surface area contributed by atoms with Crippen LogP contribution in [-0.2, 0) is 41.4 Å². The number of aromatic nitrogens is 2. The van der Waals surface area contributed by atoms with E-state index in [1.54, 1.807) is 43.5 Å². The molecule has 25 heteroatoms. The van der Waals surface area contributed by atoms with Crippen LogP contribution in [0.5, 0.6) is 0 Å². The summed E-state index contributed by atoms with van der Waals surface area (Å²) in [5.41, 5.74) is 9.89. The lowest BCUT2D eigenvalue weighted by molar-refractivity contribution is -0.138. The van der Waals surface area contributed by atoms with Gasteiger partial charge in [0.2, 0.25) is 5.91 Å². The first-order valence-electron chi connectivity index (χ1n) is 21.5. The predicted octanol–water partition coefficient (Wildman–Crippen LogP) is -13.0. The van der Waals surface area contributed by atoms with Gasteiger partial charge in [0.15, 0.2) is 5.16 Å². The van der Waals surface area contributed by atoms with E-state index in [-0.39, 0.29) is 34.8 Å². The van der Waals surface area contributed by atoms with E-state index in [9.17, 15) is 22.4 Å². The molecule has 61 heavy (non-hydrogen) atoms. The highest BCUT2D eigenvalue weighted by molar-refractivity contribution is 7.98. The van der Waals surface area contributed by atoms with Crippen molar-refractivity contribution in [1.29, 1.82) is 0 Å². The lowest BCUT2D eigenvalue weighted by Crippen LogP contribution is -2.76. The van der Waals surface area contributed by atoms with Crippen molar-refractivity contribution in [3.63, 3.8) is 0 Å². The normalized spacial score (nSPS) is 13.4. The Kier molecular flexibility index (Phi) is 14.3. The summed E-state index contributed by atoms with van der Waals surface area (Å²) in [7, 11) is 27.4. The molecule has 0 spiro atoms. The number of rotatable bonds is 13. The third-order valence-electron chi connectivity index (χ3n) is 14.7. The predicted molar refractivity (Wildman–Crippen MR) is 287 cm³/mol. The lowest BCUT2D eigenvalue weighted by Gasteiger charge is -2.57. The summed E-state index contributed by atoms with van der Waals surface area (Å²) in [4.78, 5) is 38.5. The molecule has 5 rings (SSSR count). The van der Waals surface area contributed by atoms with E-state index in [0.29, 0.717) is 40.2 Å². The van der Waals surface area contributed by atoms with Crippen LogP contribution in [0.25, 0.3) is 11.1 Å². The van der Waals surface area contributed by atoms with Gasteiger partial charge in [0.05, 0.1) is 5.34 Å². The average molecular weight is 832 g/mol. The summed E-state index contributed by atoms with van der Waals surface area (Å²) >= 11 is 1.37. The fraction of sp³-hybridized carbons (Fsp3) is 0.361. The minimum atomic E-state index is -4.47. The maximum atomic E-state index is 16.0. The number of fused-ring (bicyclic) bond motifs is 1. The van der Waals surface area contributed by atoms with Crippen molar-refractivity contribution in [1.82, 2.24) is 19.4 Å². The molecule has 304 valence electrons. The van der Waals surface area contributed by atoms with E-state index in [2.05, 4.69) is 70.8 Å². The summed E-state index contributed by atoms with van der Waals surface area (Å²) in [6, 6.07) is 6.27. The Morgan fingerprint density at radius 1 is 0.754 bits per heavy atom. The van der Waals surface area contributed by atoms with E-state index in [1.165, 1.54) is 23.9 Å². The van der Waals surface area contributed by atoms with Gasteiger partial charge in [0.1, 0.15) is 116 Å². The molecular formula is C36H52B14F4N4O2S. The molecule has 1 aliphatic carbocycles. The molecule has 0 saturated carbocycles. The van der Waals surface area contributed by atoms with Gasteiger partial charge in [-0.25, -0.2) is 4.39 Å². The van der Waals surface area contributed by atoms with Gasteiger partial charge < -0.3 is 14.4 Å². The number of hydrogen-bond donors (Lipinski definition) is 0. The highest BCUT2D eigenvalue weighted by Crippen LogP contribution is 2.34. The Morgan fingerprint density at radius 3 is 1.72 bits per heavy atom. The SMILES string of the molecule is Bc1c(B)c(-c2c(B)c(B)c(C(F)(F)F)c(B)c2B)c(B)c(B)c1CN(C(=O)C(B)(B)n1c(SCc2ccc(F)cc2)nc(=O)c2c1CCC2)C(B)(B)C(B)(B)N(CC)CC. The minimum absolute atomic E-state index is 0.125. The molecule has 0 aliphatic heterocycles. The number of benzene rings is 3. The zero-order valence-corrected chi connectivity index (χ0v) is 40.1. The first-order valence-corrected chi connectivity index (χ1v) is 22.5. The minimum Gasteiger partial charge on any atom is -0.348 e. The van der Waals surface area contributed by atoms with Gasteiger partial charge in [-0.2, -0.15) is 18.2 Å². The third-order valence-corrected chi connectivity index (χ3v) is 15.7. The number of halogens is 4. The van der Waals surface area contributed by atoms with Crippen LogP contribution in [0, 0.1) is 5.82 Å². The molecule has 1 aromatic heterocycles. The second-order valence-corrected chi connectivity index (χ2v) is 19.5. The molecule has 3 aromatic carbocycles. The van der Waals surface area contributed by atoms with Gasteiger partial charge in [-0.3, -0.25) is 9.59 Å². The number of thioether (sulfide) groups is 1. The Bertz CT molecular complexity index is 2390. The molecule has 0 radical (unpaired) electrons. The highest BCUT2D eigenvalue weighted by atomic mass is 32.2. The summed E-state index contributed by atoms with van der Waals surface area (Å²) in [5, 5.41) is -2.03. The summed E-state index contributed by atoms with van der Waals surface area (Å²) in [6.07, 6.45) is -2.45. The van der Waals surface area contributed by atoms with Crippen molar-refractivity contribution in [3.05, 3.63) is 68.4 Å². The third kappa shape index (κ3) is 8.66. The van der Waals surface area contributed by atoms with Gasteiger partial charge in [-0.05, 0) is 77.4 Å². The van der Waals surface area contributed by atoms with Crippen molar-refractivity contribution in [2.24, 2.45) is 0 Å². The maximum Gasteiger partial charge on any atom is 0.415 e. The molecule has 0 unspecified atom stereocenters. The quantitative estimate of drug-likeness (QED) is 0.0581. The zero-order chi connectivity index (χ0) is 45.9. The first-order chi connectivity index (χ1) is 28.2. The number of amides is 1. The molecule has 6 nitrogen and oxygen atoms in total. The van der Waals surface area contributed by atoms with Gasteiger partial charge in [0.25, 0.3) is 5.56 Å². The Labute approximate surface area is 376 Å². The lowest BCUT2D eigenvalue weighted by atomic mass is 9.36. The van der Waals surface area contributed by atoms with Crippen molar-refractivity contribution in [2.75, 3.05) is 13.1 Å². The fourth-order valence-corrected chi connectivity index (χ4v) is 11.0. The molecule has 0 atom stereocenters. The Morgan fingerprint density at radius 2 is 1.25 bits per heavy atom. The Balaban J connectivity index is 1.74. The van der Waals surface area contributed by atoms with E-state index in [4.69, 9.17) is 0 Å². The van der Waals surface area contributed by atoms with Crippen LogP contribution in [-0.4, -0.2) is 159 Å². The largest absolute Gasteiger partial charge is 0.415 e. The van der Waals surface area contributed by atoms with Crippen molar-refractivity contribution in [3.8, 4) is 11.1 Å². The monoisotopic (exact) mass is 835 g/mol. The van der Waals surface area contributed by atoms with Crippen LogP contribution in [0.3, 0.4) is 0 Å². The second kappa shape index (κ2) is 17.8. The van der Waals surface area contributed by atoms with Crippen molar-refractivity contribution < 1.29 is 22.4 Å². The van der Waals surface area contributed by atoms with Crippen molar-refractivity contribution >= 4 is 171 Å². The van der Waals surface area contributed by atoms with Gasteiger partial charge >= 0.3 is 6.18 Å². The maximum absolute atomic E-state index is 16.0. The summed E-state index contributed by atoms with van der Waals surface area (Å²) in [6.45, 7) is 6.08. The van der Waals surface area contributed by atoms with Gasteiger partial charge in [-0.1, -0.05) is 81.4 Å². The molecular weight excluding hydrogens is 780 g/mol. The first kappa shape index (κ1) is 49.0. The average Bonchev–Trinajstić information content (AvgIpc) is 3.67. The topological polar surface area (TPSA) is 58.4 Å². The van der Waals surface area contributed by atoms with E-state index in [0.717, 1.165) is 69.3 Å². The van der Waals surface area contributed by atoms with Crippen LogP contribution in [0.15, 0.2) is 34.2 Å². The van der Waals surface area contributed by atoms with Crippen LogP contribution < -0.4 is 49.3 Å². The molecule has 1 heterocycles. The molecule has 4 aromatic rings. The van der Waals surface area contributed by atoms with Crippen LogP contribution in [0.1, 0.15) is 48.2 Å². The second-order valence-electron chi connectivity index (χ2n) is 18.6. The number of nitrogens with zero attached hydrogens (tertiary/aromatic N) is 4. The smallest absolute Gasteiger partial charge is 0.348 e. The molecule has 1 aliphatic rings. The number of likely N-dealkylation sites (N-methyl/N-ethyl adjacent to an activating group) is 1. The number of carbonyl (C=O) groups excluding carboxylic acids is 1. The molecule has 0 N–H and O–H groups in total. The van der Waals surface area contributed by atoms with Gasteiger partial charge in [-0.15, -0.1) is 0 Å². The summed E-state index contributed by atoms with van der Waals surface area (Å²) < 4.78 is 58.9. The van der Waals surface area contributed by atoms with Crippen LogP contribution >= 0.6 is 11.8 Å². The van der Waals surface area contributed by atoms with Crippen LogP contribution in [0.2, 0.25) is 0 Å². The number of carbonyl (C=O) groups is 1. The zero-order valence-electron chi connectivity index (χ0n) is 39.3. The van der Waals surface area contributed by atoms with Crippen LogP contribution in [0.4, 0.5) is 17.6 Å². The van der Waals surface area contributed by atoms with E-state index >= 15 is 4.79 Å². The van der Waals surface area contributed by atoms with Gasteiger partial charge in [0, 0.05) is 29.1 Å². The number of alkyl halides is 3.